The Morgan fingerprint density at radius 1 is 1.16 bits per heavy atom. The average molecular weight is 270 g/mol. The fraction of sp³-hybridized carbons (Fsp3) is 0.800. The highest BCUT2D eigenvalue weighted by Crippen LogP contribution is 2.27. The maximum Gasteiger partial charge on any atom is 0.225 e. The van der Waals surface area contributed by atoms with Crippen molar-refractivity contribution in [2.75, 3.05) is 41.5 Å². The molecule has 0 bridgehead atoms. The number of hydrogen-bond donors (Lipinski definition) is 0. The van der Waals surface area contributed by atoms with Gasteiger partial charge in [0, 0.05) is 20.0 Å². The summed E-state index contributed by atoms with van der Waals surface area (Å²) in [5.74, 6) is 0.611. The molecule has 0 aromatic carbocycles. The first-order valence-electron chi connectivity index (χ1n) is 7.11. The fourth-order valence-electron chi connectivity index (χ4n) is 2.08. The van der Waals surface area contributed by atoms with E-state index in [1.807, 2.05) is 46.9 Å². The van der Waals surface area contributed by atoms with Crippen molar-refractivity contribution in [3.8, 4) is 0 Å². The first-order valence-corrected chi connectivity index (χ1v) is 7.11. The Bertz CT molecular complexity index is 275. The Morgan fingerprint density at radius 2 is 1.74 bits per heavy atom. The lowest BCUT2D eigenvalue weighted by atomic mass is 9.82. The van der Waals surface area contributed by atoms with Crippen LogP contribution in [0.1, 0.15) is 26.7 Å². The standard InChI is InChI=1S/C13H24N2O2.C2H6/c1-14(2)10-17-9-11-7-5-6-8-12(11)13(16)15(3)4;1-2/h5-6,11-12H,7-10H2,1-4H3;1-2H3. The summed E-state index contributed by atoms with van der Waals surface area (Å²) in [6.45, 7) is 5.27. The van der Waals surface area contributed by atoms with Gasteiger partial charge < -0.3 is 9.64 Å². The second kappa shape index (κ2) is 9.98. The Kier molecular flexibility index (Phi) is 9.53. The molecule has 4 heteroatoms. The highest BCUT2D eigenvalue weighted by Gasteiger charge is 2.29. The van der Waals surface area contributed by atoms with E-state index in [9.17, 15) is 4.79 Å². The van der Waals surface area contributed by atoms with E-state index in [0.29, 0.717) is 19.3 Å². The normalized spacial score (nSPS) is 21.8. The third-order valence-corrected chi connectivity index (χ3v) is 3.00. The Hall–Kier alpha value is -0.870. The predicted molar refractivity (Wildman–Crippen MR) is 79.9 cm³/mol. The third kappa shape index (κ3) is 6.73. The van der Waals surface area contributed by atoms with Gasteiger partial charge >= 0.3 is 0 Å². The van der Waals surface area contributed by atoms with Gasteiger partial charge in [-0.25, -0.2) is 0 Å². The lowest BCUT2D eigenvalue weighted by Crippen LogP contribution is -2.37. The molecule has 0 heterocycles. The van der Waals surface area contributed by atoms with Gasteiger partial charge in [0.25, 0.3) is 0 Å². The molecule has 2 unspecified atom stereocenters. The van der Waals surface area contributed by atoms with Gasteiger partial charge in [-0.15, -0.1) is 0 Å². The Balaban J connectivity index is 0.00000154. The molecule has 0 radical (unpaired) electrons. The molecule has 0 aliphatic heterocycles. The number of rotatable bonds is 5. The number of nitrogens with zero attached hydrogens (tertiary/aromatic N) is 2. The molecule has 0 aromatic heterocycles. The summed E-state index contributed by atoms with van der Waals surface area (Å²) in [7, 11) is 7.59. The highest BCUT2D eigenvalue weighted by atomic mass is 16.5. The second-order valence-electron chi connectivity index (χ2n) is 5.12. The largest absolute Gasteiger partial charge is 0.366 e. The van der Waals surface area contributed by atoms with Gasteiger partial charge in [0.2, 0.25) is 5.91 Å². The van der Waals surface area contributed by atoms with E-state index in [2.05, 4.69) is 12.2 Å². The van der Waals surface area contributed by atoms with Gasteiger partial charge in [0.05, 0.1) is 13.3 Å². The molecular weight excluding hydrogens is 240 g/mol. The Labute approximate surface area is 118 Å². The summed E-state index contributed by atoms with van der Waals surface area (Å²) >= 11 is 0. The van der Waals surface area contributed by atoms with E-state index in [0.717, 1.165) is 12.8 Å². The van der Waals surface area contributed by atoms with Gasteiger partial charge in [-0.1, -0.05) is 26.0 Å². The minimum atomic E-state index is 0.0807. The first kappa shape index (κ1) is 18.1. The zero-order chi connectivity index (χ0) is 14.8. The number of allylic oxidation sites excluding steroid dienone is 2. The third-order valence-electron chi connectivity index (χ3n) is 3.00. The van der Waals surface area contributed by atoms with Gasteiger partial charge in [-0.2, -0.15) is 0 Å². The minimum Gasteiger partial charge on any atom is -0.366 e. The van der Waals surface area contributed by atoms with E-state index >= 15 is 0 Å². The molecule has 0 fully saturated rings. The van der Waals surface area contributed by atoms with Gasteiger partial charge in [-0.3, -0.25) is 9.69 Å². The van der Waals surface area contributed by atoms with Crippen LogP contribution < -0.4 is 0 Å². The van der Waals surface area contributed by atoms with Crippen molar-refractivity contribution in [2.45, 2.75) is 26.7 Å². The van der Waals surface area contributed by atoms with Crippen LogP contribution in [0.3, 0.4) is 0 Å². The number of carbonyl (C=O) groups excluding carboxylic acids is 1. The van der Waals surface area contributed by atoms with Crippen molar-refractivity contribution in [3.63, 3.8) is 0 Å². The van der Waals surface area contributed by atoms with Crippen LogP contribution in [-0.4, -0.2) is 57.2 Å². The van der Waals surface area contributed by atoms with Crippen molar-refractivity contribution in [1.82, 2.24) is 9.80 Å². The summed E-state index contributed by atoms with van der Waals surface area (Å²) < 4.78 is 5.62. The zero-order valence-electron chi connectivity index (χ0n) is 13.3. The van der Waals surface area contributed by atoms with Crippen molar-refractivity contribution in [3.05, 3.63) is 12.2 Å². The van der Waals surface area contributed by atoms with Crippen LogP contribution in [0.4, 0.5) is 0 Å². The molecule has 1 rings (SSSR count). The number of hydrogen-bond acceptors (Lipinski definition) is 3. The smallest absolute Gasteiger partial charge is 0.225 e. The monoisotopic (exact) mass is 270 g/mol. The maximum atomic E-state index is 12.0. The average Bonchev–Trinajstić information content (AvgIpc) is 2.40. The van der Waals surface area contributed by atoms with Crippen LogP contribution in [0.15, 0.2) is 12.2 Å². The van der Waals surface area contributed by atoms with E-state index in [-0.39, 0.29) is 11.8 Å². The zero-order valence-corrected chi connectivity index (χ0v) is 13.3. The second-order valence-corrected chi connectivity index (χ2v) is 5.12. The van der Waals surface area contributed by atoms with Gasteiger partial charge in [-0.05, 0) is 32.9 Å². The van der Waals surface area contributed by atoms with Crippen LogP contribution >= 0.6 is 0 Å². The maximum absolute atomic E-state index is 12.0. The van der Waals surface area contributed by atoms with Crippen LogP contribution in [-0.2, 0) is 9.53 Å². The molecule has 0 saturated heterocycles. The van der Waals surface area contributed by atoms with Gasteiger partial charge in [0.1, 0.15) is 0 Å². The molecule has 1 aliphatic rings. The number of ether oxygens (including phenoxy) is 1. The molecule has 1 aliphatic carbocycles. The summed E-state index contributed by atoms with van der Waals surface area (Å²) in [5, 5.41) is 0. The van der Waals surface area contributed by atoms with Crippen LogP contribution in [0.25, 0.3) is 0 Å². The van der Waals surface area contributed by atoms with Crippen molar-refractivity contribution in [2.24, 2.45) is 11.8 Å². The topological polar surface area (TPSA) is 32.8 Å². The van der Waals surface area contributed by atoms with Crippen molar-refractivity contribution >= 4 is 5.91 Å². The Morgan fingerprint density at radius 3 is 2.26 bits per heavy atom. The SMILES string of the molecule is CC.CN(C)COCC1CC=CCC1C(=O)N(C)C. The van der Waals surface area contributed by atoms with Crippen LogP contribution in [0.2, 0.25) is 0 Å². The van der Waals surface area contributed by atoms with E-state index in [1.165, 1.54) is 0 Å². The minimum absolute atomic E-state index is 0.0807. The molecular formula is C15H30N2O2. The molecule has 0 saturated carbocycles. The van der Waals surface area contributed by atoms with E-state index in [4.69, 9.17) is 4.74 Å². The molecule has 2 atom stereocenters. The summed E-state index contributed by atoms with van der Waals surface area (Å²) in [5.41, 5.74) is 0. The molecule has 0 N–H and O–H groups in total. The molecule has 4 nitrogen and oxygen atoms in total. The lowest BCUT2D eigenvalue weighted by molar-refractivity contribution is -0.136. The van der Waals surface area contributed by atoms with E-state index in [1.54, 1.807) is 4.90 Å². The summed E-state index contributed by atoms with van der Waals surface area (Å²) in [6, 6.07) is 0. The molecule has 0 aromatic rings. The highest BCUT2D eigenvalue weighted by molar-refractivity contribution is 5.79. The first-order chi connectivity index (χ1) is 9.02. The van der Waals surface area contributed by atoms with E-state index < -0.39 is 0 Å². The number of carbonyl (C=O) groups is 1. The molecule has 0 spiro atoms. The lowest BCUT2D eigenvalue weighted by Gasteiger charge is -2.29. The molecule has 112 valence electrons. The van der Waals surface area contributed by atoms with Crippen molar-refractivity contribution in [1.29, 1.82) is 0 Å². The van der Waals surface area contributed by atoms with Crippen LogP contribution in [0, 0.1) is 11.8 Å². The quantitative estimate of drug-likeness (QED) is 0.567. The summed E-state index contributed by atoms with van der Waals surface area (Å²) in [6.07, 6.45) is 6.04. The number of amides is 1. The fourth-order valence-corrected chi connectivity index (χ4v) is 2.08. The molecule has 1 amide bonds. The summed E-state index contributed by atoms with van der Waals surface area (Å²) in [4.78, 5) is 15.7. The van der Waals surface area contributed by atoms with Gasteiger partial charge in [0.15, 0.2) is 0 Å². The van der Waals surface area contributed by atoms with Crippen LogP contribution in [0.5, 0.6) is 0 Å². The molecule has 19 heavy (non-hydrogen) atoms. The van der Waals surface area contributed by atoms with Crippen molar-refractivity contribution < 1.29 is 9.53 Å². The predicted octanol–water partition coefficient (Wildman–Crippen LogP) is 2.22.